The molecule has 5 heteroatoms. The molecule has 21 heavy (non-hydrogen) atoms. The number of unbranched alkanes of at least 4 members (excludes halogenated alkanes) is 1. The second kappa shape index (κ2) is 7.98. The van der Waals surface area contributed by atoms with E-state index < -0.39 is 11.4 Å². The van der Waals surface area contributed by atoms with E-state index >= 15 is 0 Å². The molecular weight excluding hydrogens is 270 g/mol. The normalized spacial score (nSPS) is 12.6. The van der Waals surface area contributed by atoms with Crippen molar-refractivity contribution in [3.8, 4) is 5.75 Å². The maximum absolute atomic E-state index is 11.9. The third kappa shape index (κ3) is 4.70. The summed E-state index contributed by atoms with van der Waals surface area (Å²) in [6.45, 7) is 6.25. The van der Waals surface area contributed by atoms with Crippen molar-refractivity contribution >= 4 is 5.78 Å². The van der Waals surface area contributed by atoms with E-state index in [-0.39, 0.29) is 23.1 Å². The van der Waals surface area contributed by atoms with Crippen LogP contribution in [0.15, 0.2) is 15.3 Å². The minimum absolute atomic E-state index is 0.0312. The number of Topliss-reactive ketones (excluding diaryl/α,β-unsaturated/α-hetero) is 1. The molecule has 1 unspecified atom stereocenters. The van der Waals surface area contributed by atoms with Gasteiger partial charge in [0.2, 0.25) is 0 Å². The quantitative estimate of drug-likeness (QED) is 0.569. The van der Waals surface area contributed by atoms with Gasteiger partial charge in [0.25, 0.3) is 0 Å². The fourth-order valence-electron chi connectivity index (χ4n) is 2.15. The Balaban J connectivity index is 2.88. The fourth-order valence-corrected chi connectivity index (χ4v) is 2.15. The topological polar surface area (TPSA) is 79.5 Å². The van der Waals surface area contributed by atoms with E-state index in [0.29, 0.717) is 5.76 Å². The second-order valence-electron chi connectivity index (χ2n) is 5.72. The molecule has 0 aliphatic carbocycles. The van der Waals surface area contributed by atoms with Crippen LogP contribution in [0.5, 0.6) is 5.75 Å². The highest BCUT2D eigenvalue weighted by Gasteiger charge is 2.22. The standard InChI is InChI=1S/C16H25NO4/c1-10(2)15(19)14-12(18)9-13(21-16(14)20)11(3)7-5-6-8-17-4/h9-11,17-18H,5-8H2,1-4H3. The van der Waals surface area contributed by atoms with E-state index in [0.717, 1.165) is 25.8 Å². The molecule has 2 N–H and O–H groups in total. The van der Waals surface area contributed by atoms with Crippen molar-refractivity contribution in [2.45, 2.75) is 46.0 Å². The van der Waals surface area contributed by atoms with Gasteiger partial charge in [-0.05, 0) is 26.4 Å². The van der Waals surface area contributed by atoms with E-state index in [1.54, 1.807) is 13.8 Å². The molecule has 0 fully saturated rings. The number of hydrogen-bond acceptors (Lipinski definition) is 5. The number of hydrogen-bond donors (Lipinski definition) is 2. The summed E-state index contributed by atoms with van der Waals surface area (Å²) >= 11 is 0. The molecule has 1 rings (SSSR count). The maximum atomic E-state index is 11.9. The SMILES string of the molecule is CNCCCCC(C)c1cc(O)c(C(=O)C(C)C)c(=O)o1. The highest BCUT2D eigenvalue weighted by molar-refractivity contribution is 5.99. The predicted molar refractivity (Wildman–Crippen MR) is 82.0 cm³/mol. The number of carbonyl (C=O) groups is 1. The van der Waals surface area contributed by atoms with Gasteiger partial charge in [0.1, 0.15) is 17.1 Å². The number of aromatic hydroxyl groups is 1. The molecule has 0 saturated carbocycles. The van der Waals surface area contributed by atoms with Crippen LogP contribution in [0, 0.1) is 5.92 Å². The maximum Gasteiger partial charge on any atom is 0.350 e. The van der Waals surface area contributed by atoms with Gasteiger partial charge in [0.05, 0.1) is 0 Å². The second-order valence-corrected chi connectivity index (χ2v) is 5.72. The van der Waals surface area contributed by atoms with Crippen LogP contribution < -0.4 is 10.9 Å². The smallest absolute Gasteiger partial charge is 0.350 e. The van der Waals surface area contributed by atoms with Crippen LogP contribution in [-0.2, 0) is 0 Å². The summed E-state index contributed by atoms with van der Waals surface area (Å²) in [4.78, 5) is 23.8. The lowest BCUT2D eigenvalue weighted by atomic mass is 9.98. The summed E-state index contributed by atoms with van der Waals surface area (Å²) in [6, 6.07) is 1.40. The van der Waals surface area contributed by atoms with E-state index in [1.807, 2.05) is 14.0 Å². The van der Waals surface area contributed by atoms with Gasteiger partial charge in [-0.1, -0.05) is 27.2 Å². The Labute approximate surface area is 125 Å². The molecule has 0 aromatic carbocycles. The molecule has 0 aliphatic heterocycles. The van der Waals surface area contributed by atoms with Crippen LogP contribution >= 0.6 is 0 Å². The summed E-state index contributed by atoms with van der Waals surface area (Å²) < 4.78 is 5.23. The molecular formula is C16H25NO4. The first-order chi connectivity index (χ1) is 9.88. The van der Waals surface area contributed by atoms with Gasteiger partial charge in [-0.3, -0.25) is 4.79 Å². The molecule has 1 aromatic heterocycles. The molecule has 118 valence electrons. The lowest BCUT2D eigenvalue weighted by molar-refractivity contribution is 0.0931. The van der Waals surface area contributed by atoms with Crippen molar-refractivity contribution in [2.75, 3.05) is 13.6 Å². The average Bonchev–Trinajstić information content (AvgIpc) is 2.42. The zero-order valence-corrected chi connectivity index (χ0v) is 13.2. The van der Waals surface area contributed by atoms with Crippen molar-refractivity contribution in [3.63, 3.8) is 0 Å². The summed E-state index contributed by atoms with van der Waals surface area (Å²) in [5, 5.41) is 13.0. The molecule has 0 aliphatic rings. The Bertz CT molecular complexity index is 534. The number of ketones is 1. The third-order valence-electron chi connectivity index (χ3n) is 3.52. The highest BCUT2D eigenvalue weighted by atomic mass is 16.4. The zero-order chi connectivity index (χ0) is 16.0. The van der Waals surface area contributed by atoms with Crippen LogP contribution in [0.4, 0.5) is 0 Å². The van der Waals surface area contributed by atoms with Gasteiger partial charge in [-0.15, -0.1) is 0 Å². The molecule has 0 saturated heterocycles. The average molecular weight is 295 g/mol. The third-order valence-corrected chi connectivity index (χ3v) is 3.52. The Morgan fingerprint density at radius 3 is 2.52 bits per heavy atom. The van der Waals surface area contributed by atoms with Gasteiger partial charge in [-0.25, -0.2) is 4.79 Å². The first-order valence-electron chi connectivity index (χ1n) is 7.44. The number of carbonyl (C=O) groups excluding carboxylic acids is 1. The largest absolute Gasteiger partial charge is 0.507 e. The molecule has 0 amide bonds. The lowest BCUT2D eigenvalue weighted by Gasteiger charge is -2.12. The number of nitrogens with one attached hydrogen (secondary N) is 1. The van der Waals surface area contributed by atoms with Gasteiger partial charge >= 0.3 is 5.63 Å². The molecule has 1 heterocycles. The molecule has 1 atom stereocenters. The Morgan fingerprint density at radius 2 is 2.00 bits per heavy atom. The lowest BCUT2D eigenvalue weighted by Crippen LogP contribution is -2.19. The Morgan fingerprint density at radius 1 is 1.33 bits per heavy atom. The zero-order valence-electron chi connectivity index (χ0n) is 13.2. The first kappa shape index (κ1) is 17.4. The van der Waals surface area contributed by atoms with E-state index in [9.17, 15) is 14.7 Å². The molecule has 1 aromatic rings. The van der Waals surface area contributed by atoms with Crippen LogP contribution in [0.2, 0.25) is 0 Å². The molecule has 5 nitrogen and oxygen atoms in total. The van der Waals surface area contributed by atoms with E-state index in [4.69, 9.17) is 4.42 Å². The van der Waals surface area contributed by atoms with Crippen molar-refractivity contribution < 1.29 is 14.3 Å². The minimum Gasteiger partial charge on any atom is -0.507 e. The molecule has 0 radical (unpaired) electrons. The Hall–Kier alpha value is -1.62. The summed E-state index contributed by atoms with van der Waals surface area (Å²) in [6.07, 6.45) is 2.90. The fraction of sp³-hybridized carbons (Fsp3) is 0.625. The van der Waals surface area contributed by atoms with Crippen LogP contribution in [0.25, 0.3) is 0 Å². The monoisotopic (exact) mass is 295 g/mol. The van der Waals surface area contributed by atoms with Crippen molar-refractivity contribution in [3.05, 3.63) is 27.8 Å². The number of rotatable bonds is 8. The van der Waals surface area contributed by atoms with Gasteiger partial charge in [-0.2, -0.15) is 0 Å². The first-order valence-corrected chi connectivity index (χ1v) is 7.44. The Kier molecular flexibility index (Phi) is 6.62. The van der Waals surface area contributed by atoms with Gasteiger partial charge in [0, 0.05) is 17.9 Å². The van der Waals surface area contributed by atoms with E-state index in [1.165, 1.54) is 6.07 Å². The highest BCUT2D eigenvalue weighted by Crippen LogP contribution is 2.26. The van der Waals surface area contributed by atoms with Gasteiger partial charge in [0.15, 0.2) is 5.78 Å². The van der Waals surface area contributed by atoms with Crippen LogP contribution in [0.1, 0.15) is 62.1 Å². The van der Waals surface area contributed by atoms with E-state index in [2.05, 4.69) is 5.32 Å². The van der Waals surface area contributed by atoms with Crippen molar-refractivity contribution in [1.29, 1.82) is 0 Å². The van der Waals surface area contributed by atoms with Crippen molar-refractivity contribution in [2.24, 2.45) is 5.92 Å². The van der Waals surface area contributed by atoms with Crippen LogP contribution in [-0.4, -0.2) is 24.5 Å². The minimum atomic E-state index is -0.745. The predicted octanol–water partition coefficient (Wildman–Crippen LogP) is 2.68. The van der Waals surface area contributed by atoms with Crippen molar-refractivity contribution in [1.82, 2.24) is 5.32 Å². The summed E-state index contributed by atoms with van der Waals surface area (Å²) in [7, 11) is 1.91. The van der Waals surface area contributed by atoms with Crippen LogP contribution in [0.3, 0.4) is 0 Å². The molecule has 0 spiro atoms. The van der Waals surface area contributed by atoms with Gasteiger partial charge < -0.3 is 14.8 Å². The molecule has 0 bridgehead atoms. The summed E-state index contributed by atoms with van der Waals surface area (Å²) in [5.41, 5.74) is -0.984. The summed E-state index contributed by atoms with van der Waals surface area (Å²) in [5.74, 6) is -0.564.